The minimum Gasteiger partial charge on any atom is -0.346 e. The number of hydrogen-bond acceptors (Lipinski definition) is 5. The number of fused-ring (bicyclic) bond motifs is 1. The Kier molecular flexibility index (Phi) is 4.87. The molecule has 0 aromatic carbocycles. The number of nitrogens with zero attached hydrogens (tertiary/aromatic N) is 3. The van der Waals surface area contributed by atoms with Crippen molar-refractivity contribution >= 4 is 22.6 Å². The van der Waals surface area contributed by atoms with Crippen molar-refractivity contribution in [2.45, 2.75) is 12.5 Å². The number of carbonyl (C=O) groups is 1. The molecule has 7 nitrogen and oxygen atoms in total. The Balaban J connectivity index is 1.49. The SMILES string of the molecule is CN(C)C1CNCC(C(=O)Nc2cncc(-c3cnc4[nH]ccc4c3)c2)C1. The second kappa shape index (κ2) is 7.46. The van der Waals surface area contributed by atoms with Crippen molar-refractivity contribution in [2.24, 2.45) is 5.92 Å². The van der Waals surface area contributed by atoms with Gasteiger partial charge < -0.3 is 20.5 Å². The number of likely N-dealkylation sites (N-methyl/N-ethyl adjacent to an activating group) is 1. The van der Waals surface area contributed by atoms with E-state index in [1.807, 2.05) is 24.5 Å². The maximum absolute atomic E-state index is 12.7. The summed E-state index contributed by atoms with van der Waals surface area (Å²) >= 11 is 0. The van der Waals surface area contributed by atoms with Crippen LogP contribution in [0.3, 0.4) is 0 Å². The zero-order valence-electron chi connectivity index (χ0n) is 15.6. The van der Waals surface area contributed by atoms with E-state index in [0.717, 1.165) is 35.1 Å². The summed E-state index contributed by atoms with van der Waals surface area (Å²) in [6, 6.07) is 6.37. The molecule has 0 radical (unpaired) electrons. The monoisotopic (exact) mass is 364 g/mol. The van der Waals surface area contributed by atoms with E-state index in [2.05, 4.69) is 50.6 Å². The summed E-state index contributed by atoms with van der Waals surface area (Å²) in [7, 11) is 4.10. The van der Waals surface area contributed by atoms with E-state index in [4.69, 9.17) is 0 Å². The number of pyridine rings is 2. The number of hydrogen-bond donors (Lipinski definition) is 3. The molecule has 3 aromatic rings. The van der Waals surface area contributed by atoms with Gasteiger partial charge in [0.15, 0.2) is 0 Å². The molecule has 4 heterocycles. The summed E-state index contributed by atoms with van der Waals surface area (Å²) in [5.74, 6) is -0.0140. The minimum atomic E-state index is -0.0484. The smallest absolute Gasteiger partial charge is 0.228 e. The predicted molar refractivity (Wildman–Crippen MR) is 106 cm³/mol. The first-order valence-electron chi connectivity index (χ1n) is 9.17. The highest BCUT2D eigenvalue weighted by Crippen LogP contribution is 2.24. The van der Waals surface area contributed by atoms with Gasteiger partial charge in [-0.05, 0) is 38.7 Å². The Morgan fingerprint density at radius 2 is 2.04 bits per heavy atom. The number of piperidine rings is 1. The van der Waals surface area contributed by atoms with Gasteiger partial charge in [0.2, 0.25) is 5.91 Å². The number of H-pyrrole nitrogens is 1. The third kappa shape index (κ3) is 3.84. The molecule has 2 atom stereocenters. The summed E-state index contributed by atoms with van der Waals surface area (Å²) in [5, 5.41) is 7.43. The van der Waals surface area contributed by atoms with E-state index in [9.17, 15) is 4.79 Å². The zero-order valence-corrected chi connectivity index (χ0v) is 15.6. The molecule has 4 rings (SSSR count). The molecule has 1 aliphatic rings. The maximum Gasteiger partial charge on any atom is 0.228 e. The zero-order chi connectivity index (χ0) is 18.8. The molecule has 1 aliphatic heterocycles. The summed E-state index contributed by atoms with van der Waals surface area (Å²) < 4.78 is 0. The molecule has 2 unspecified atom stereocenters. The number of nitrogens with one attached hydrogen (secondary N) is 3. The molecule has 0 bridgehead atoms. The maximum atomic E-state index is 12.7. The topological polar surface area (TPSA) is 85.9 Å². The molecule has 1 fully saturated rings. The summed E-state index contributed by atoms with van der Waals surface area (Å²) in [6.07, 6.45) is 8.01. The fraction of sp³-hybridized carbons (Fsp3) is 0.350. The van der Waals surface area contributed by atoms with Crippen LogP contribution >= 0.6 is 0 Å². The normalized spacial score (nSPS) is 20.1. The Hall–Kier alpha value is -2.77. The lowest BCUT2D eigenvalue weighted by molar-refractivity contribution is -0.120. The molecule has 140 valence electrons. The van der Waals surface area contributed by atoms with Gasteiger partial charge in [-0.3, -0.25) is 9.78 Å². The highest BCUT2D eigenvalue weighted by atomic mass is 16.1. The number of rotatable bonds is 4. The standard InChI is InChI=1S/C20H24N6O/c1-26(2)18-7-16(9-22-12-18)20(27)25-17-6-15(8-21-11-17)14-5-13-3-4-23-19(13)24-10-14/h3-6,8,10-11,16,18,22H,7,9,12H2,1-2H3,(H,23,24)(H,25,27). The molecule has 0 spiro atoms. The first-order valence-corrected chi connectivity index (χ1v) is 9.17. The highest BCUT2D eigenvalue weighted by molar-refractivity contribution is 5.93. The molecule has 0 saturated carbocycles. The predicted octanol–water partition coefficient (Wildman–Crippen LogP) is 2.10. The van der Waals surface area contributed by atoms with Crippen molar-refractivity contribution in [1.29, 1.82) is 0 Å². The van der Waals surface area contributed by atoms with Gasteiger partial charge in [-0.25, -0.2) is 4.98 Å². The van der Waals surface area contributed by atoms with Crippen LogP contribution in [0.15, 0.2) is 43.0 Å². The van der Waals surface area contributed by atoms with Gasteiger partial charge in [0.25, 0.3) is 0 Å². The Labute approximate surface area is 158 Å². The minimum absolute atomic E-state index is 0.0345. The fourth-order valence-electron chi connectivity index (χ4n) is 3.52. The van der Waals surface area contributed by atoms with Gasteiger partial charge in [0.1, 0.15) is 5.65 Å². The van der Waals surface area contributed by atoms with Crippen molar-refractivity contribution < 1.29 is 4.79 Å². The first-order chi connectivity index (χ1) is 13.1. The van der Waals surface area contributed by atoms with Gasteiger partial charge in [0, 0.05) is 54.2 Å². The van der Waals surface area contributed by atoms with Crippen molar-refractivity contribution in [1.82, 2.24) is 25.2 Å². The average Bonchev–Trinajstić information content (AvgIpc) is 3.16. The molecule has 1 amide bonds. The van der Waals surface area contributed by atoms with Crippen LogP contribution in [0.2, 0.25) is 0 Å². The second-order valence-corrected chi connectivity index (χ2v) is 7.30. The van der Waals surface area contributed by atoms with Crippen LogP contribution in [0.4, 0.5) is 5.69 Å². The van der Waals surface area contributed by atoms with Gasteiger partial charge in [-0.2, -0.15) is 0 Å². The van der Waals surface area contributed by atoms with E-state index >= 15 is 0 Å². The summed E-state index contributed by atoms with van der Waals surface area (Å²) in [6.45, 7) is 1.62. The van der Waals surface area contributed by atoms with E-state index in [0.29, 0.717) is 18.3 Å². The van der Waals surface area contributed by atoms with Crippen LogP contribution in [0.25, 0.3) is 22.2 Å². The molecular weight excluding hydrogens is 340 g/mol. The number of anilines is 1. The lowest BCUT2D eigenvalue weighted by atomic mass is 9.94. The van der Waals surface area contributed by atoms with Gasteiger partial charge in [-0.15, -0.1) is 0 Å². The fourth-order valence-corrected chi connectivity index (χ4v) is 3.52. The van der Waals surface area contributed by atoms with E-state index in [1.165, 1.54) is 0 Å². The number of carbonyl (C=O) groups excluding carboxylic acids is 1. The summed E-state index contributed by atoms with van der Waals surface area (Å²) in [5.41, 5.74) is 3.46. The molecule has 27 heavy (non-hydrogen) atoms. The molecule has 3 aromatic heterocycles. The van der Waals surface area contributed by atoms with E-state index < -0.39 is 0 Å². The highest BCUT2D eigenvalue weighted by Gasteiger charge is 2.28. The quantitative estimate of drug-likeness (QED) is 0.660. The van der Waals surface area contributed by atoms with Crippen molar-refractivity contribution in [3.8, 4) is 11.1 Å². The van der Waals surface area contributed by atoms with Crippen LogP contribution in [0.1, 0.15) is 6.42 Å². The molecule has 0 aliphatic carbocycles. The lowest BCUT2D eigenvalue weighted by Crippen LogP contribution is -2.49. The average molecular weight is 364 g/mol. The Morgan fingerprint density at radius 1 is 1.19 bits per heavy atom. The van der Waals surface area contributed by atoms with Crippen molar-refractivity contribution in [3.63, 3.8) is 0 Å². The van der Waals surface area contributed by atoms with Crippen LogP contribution in [-0.4, -0.2) is 59.0 Å². The van der Waals surface area contributed by atoms with Gasteiger partial charge in [0.05, 0.1) is 17.8 Å². The molecule has 1 saturated heterocycles. The summed E-state index contributed by atoms with van der Waals surface area (Å²) in [4.78, 5) is 26.7. The Bertz CT molecular complexity index is 950. The van der Waals surface area contributed by atoms with E-state index in [1.54, 1.807) is 12.4 Å². The largest absolute Gasteiger partial charge is 0.346 e. The Morgan fingerprint density at radius 3 is 2.89 bits per heavy atom. The number of amides is 1. The van der Waals surface area contributed by atoms with Gasteiger partial charge >= 0.3 is 0 Å². The lowest BCUT2D eigenvalue weighted by Gasteiger charge is -2.33. The van der Waals surface area contributed by atoms with Crippen LogP contribution < -0.4 is 10.6 Å². The number of aromatic nitrogens is 3. The van der Waals surface area contributed by atoms with Crippen molar-refractivity contribution in [3.05, 3.63) is 43.0 Å². The molecule has 7 heteroatoms. The molecule has 3 N–H and O–H groups in total. The van der Waals surface area contributed by atoms with Crippen LogP contribution in [0, 0.1) is 5.92 Å². The third-order valence-corrected chi connectivity index (χ3v) is 5.17. The molecular formula is C20H24N6O. The first kappa shape index (κ1) is 17.6. The van der Waals surface area contributed by atoms with Crippen molar-refractivity contribution in [2.75, 3.05) is 32.5 Å². The number of aromatic amines is 1. The third-order valence-electron chi connectivity index (χ3n) is 5.17. The van der Waals surface area contributed by atoms with Crippen LogP contribution in [0.5, 0.6) is 0 Å². The van der Waals surface area contributed by atoms with Crippen LogP contribution in [-0.2, 0) is 4.79 Å². The van der Waals surface area contributed by atoms with Gasteiger partial charge in [-0.1, -0.05) is 0 Å². The second-order valence-electron chi connectivity index (χ2n) is 7.30. The van der Waals surface area contributed by atoms with E-state index in [-0.39, 0.29) is 11.8 Å².